The number of methoxy groups -OCH3 is 1. The van der Waals surface area contributed by atoms with E-state index >= 15 is 0 Å². The molecule has 4 aromatic rings. The quantitative estimate of drug-likeness (QED) is 0.300. The van der Waals surface area contributed by atoms with Crippen LogP contribution in [0.5, 0.6) is 11.5 Å². The average molecular weight is 500 g/mol. The largest absolute Gasteiger partial charge is 0.508 e. The number of hydrogen-bond acceptors (Lipinski definition) is 7. The topological polar surface area (TPSA) is 101 Å². The van der Waals surface area contributed by atoms with E-state index in [2.05, 4.69) is 27.8 Å². The maximum absolute atomic E-state index is 13.6. The van der Waals surface area contributed by atoms with E-state index in [0.717, 1.165) is 11.3 Å². The summed E-state index contributed by atoms with van der Waals surface area (Å²) < 4.78 is 7.13. The van der Waals surface area contributed by atoms with Crippen molar-refractivity contribution >= 4 is 29.3 Å². The number of amides is 1. The lowest BCUT2D eigenvalue weighted by molar-refractivity contribution is -0.113. The van der Waals surface area contributed by atoms with Crippen molar-refractivity contribution in [2.75, 3.05) is 17.7 Å². The molecule has 1 unspecified atom stereocenters. The minimum Gasteiger partial charge on any atom is -0.508 e. The van der Waals surface area contributed by atoms with Crippen LogP contribution in [0, 0.1) is 0 Å². The smallest absolute Gasteiger partial charge is 0.255 e. The monoisotopic (exact) mass is 499 g/mol. The number of nitrogens with zero attached hydrogens (tertiary/aromatic N) is 3. The Hall–Kier alpha value is -4.24. The van der Waals surface area contributed by atoms with Crippen LogP contribution in [0.15, 0.2) is 95.3 Å². The Morgan fingerprint density at radius 2 is 1.81 bits per heavy atom. The van der Waals surface area contributed by atoms with Gasteiger partial charge in [0.15, 0.2) is 0 Å². The third-order valence-corrected chi connectivity index (χ3v) is 6.76. The van der Waals surface area contributed by atoms with Crippen LogP contribution < -0.4 is 15.4 Å². The molecule has 2 heterocycles. The first-order chi connectivity index (χ1) is 17.5. The fourth-order valence-corrected chi connectivity index (χ4v) is 4.90. The van der Waals surface area contributed by atoms with Gasteiger partial charge in [0.2, 0.25) is 11.1 Å². The molecule has 36 heavy (non-hydrogen) atoms. The highest BCUT2D eigenvalue weighted by Gasteiger charge is 2.34. The van der Waals surface area contributed by atoms with Crippen LogP contribution in [0.4, 0.5) is 11.6 Å². The van der Waals surface area contributed by atoms with Gasteiger partial charge >= 0.3 is 0 Å². The Labute approximate surface area is 213 Å². The molecule has 0 saturated carbocycles. The van der Waals surface area contributed by atoms with Crippen LogP contribution in [0.3, 0.4) is 0 Å². The minimum atomic E-state index is -0.546. The van der Waals surface area contributed by atoms with Crippen LogP contribution in [-0.2, 0) is 10.5 Å². The zero-order valence-corrected chi connectivity index (χ0v) is 20.6. The third-order valence-electron chi connectivity index (χ3n) is 5.85. The molecule has 0 aliphatic carbocycles. The number of allylic oxidation sites excluding steroid dienone is 1. The van der Waals surface area contributed by atoms with Gasteiger partial charge in [-0.2, -0.15) is 4.98 Å². The number of para-hydroxylation sites is 2. The van der Waals surface area contributed by atoms with Crippen LogP contribution in [0.25, 0.3) is 0 Å². The highest BCUT2D eigenvalue weighted by molar-refractivity contribution is 7.98. The minimum absolute atomic E-state index is 0.145. The maximum Gasteiger partial charge on any atom is 0.255 e. The van der Waals surface area contributed by atoms with E-state index in [9.17, 15) is 9.90 Å². The van der Waals surface area contributed by atoms with Gasteiger partial charge in [-0.3, -0.25) is 4.79 Å². The maximum atomic E-state index is 13.6. The summed E-state index contributed by atoms with van der Waals surface area (Å²) >= 11 is 1.53. The van der Waals surface area contributed by atoms with E-state index in [-0.39, 0.29) is 11.7 Å². The number of aromatic nitrogens is 3. The van der Waals surface area contributed by atoms with Gasteiger partial charge in [0, 0.05) is 11.4 Å². The first-order valence-electron chi connectivity index (χ1n) is 11.4. The zero-order valence-electron chi connectivity index (χ0n) is 19.8. The fourth-order valence-electron chi connectivity index (χ4n) is 4.11. The number of aromatic hydroxyl groups is 1. The molecule has 0 bridgehead atoms. The van der Waals surface area contributed by atoms with Crippen LogP contribution >= 0.6 is 11.8 Å². The van der Waals surface area contributed by atoms with Gasteiger partial charge < -0.3 is 20.5 Å². The van der Waals surface area contributed by atoms with Gasteiger partial charge in [0.05, 0.1) is 18.4 Å². The lowest BCUT2D eigenvalue weighted by atomic mass is 9.95. The fraction of sp³-hybridized carbons (Fsp3) is 0.148. The number of anilines is 2. The van der Waals surface area contributed by atoms with E-state index in [1.807, 2.05) is 37.3 Å². The van der Waals surface area contributed by atoms with Crippen molar-refractivity contribution in [3.8, 4) is 11.5 Å². The number of rotatable bonds is 7. The van der Waals surface area contributed by atoms with Gasteiger partial charge in [-0.25, -0.2) is 4.68 Å². The summed E-state index contributed by atoms with van der Waals surface area (Å²) in [6.07, 6.45) is 0. The summed E-state index contributed by atoms with van der Waals surface area (Å²) in [6.45, 7) is 1.85. The number of hydrogen-bond donors (Lipinski definition) is 3. The average Bonchev–Trinajstić information content (AvgIpc) is 3.30. The lowest BCUT2D eigenvalue weighted by Crippen LogP contribution is -2.31. The van der Waals surface area contributed by atoms with Crippen molar-refractivity contribution in [1.29, 1.82) is 0 Å². The number of ether oxygens (including phenoxy) is 1. The Bertz CT molecular complexity index is 1420. The molecule has 1 aliphatic heterocycles. The number of carbonyl (C=O) groups is 1. The normalized spacial score (nSPS) is 14.7. The first kappa shape index (κ1) is 23.5. The molecule has 1 amide bonds. The first-order valence-corrected chi connectivity index (χ1v) is 12.4. The van der Waals surface area contributed by atoms with Crippen molar-refractivity contribution < 1.29 is 14.6 Å². The summed E-state index contributed by atoms with van der Waals surface area (Å²) in [5.74, 6) is 1.69. The van der Waals surface area contributed by atoms with Gasteiger partial charge in [-0.05, 0) is 42.3 Å². The third kappa shape index (κ3) is 4.78. The molecule has 0 spiro atoms. The van der Waals surface area contributed by atoms with Gasteiger partial charge in [0.25, 0.3) is 5.91 Å². The Balaban J connectivity index is 1.50. The van der Waals surface area contributed by atoms with Crippen molar-refractivity contribution in [2.24, 2.45) is 0 Å². The SMILES string of the molecule is COc1ccccc1NC(=O)C1=C(C)Nc2nc(SCc3ccccc3)nn2C1c1ccc(O)cc1. The second kappa shape index (κ2) is 10.2. The summed E-state index contributed by atoms with van der Waals surface area (Å²) in [4.78, 5) is 18.3. The highest BCUT2D eigenvalue weighted by Crippen LogP contribution is 2.38. The molecule has 0 saturated heterocycles. The molecular weight excluding hydrogens is 474 g/mol. The van der Waals surface area contributed by atoms with Gasteiger partial charge in [-0.15, -0.1) is 5.10 Å². The molecule has 8 nitrogen and oxygen atoms in total. The van der Waals surface area contributed by atoms with Crippen molar-refractivity contribution in [1.82, 2.24) is 14.8 Å². The molecule has 0 radical (unpaired) electrons. The second-order valence-corrected chi connectivity index (χ2v) is 9.19. The Morgan fingerprint density at radius 3 is 2.56 bits per heavy atom. The van der Waals surface area contributed by atoms with Crippen LogP contribution in [0.2, 0.25) is 0 Å². The second-order valence-electron chi connectivity index (χ2n) is 8.25. The summed E-state index contributed by atoms with van der Waals surface area (Å²) in [6, 6.07) is 23.6. The van der Waals surface area contributed by atoms with Crippen LogP contribution in [-0.4, -0.2) is 32.9 Å². The van der Waals surface area contributed by atoms with E-state index in [4.69, 9.17) is 9.84 Å². The van der Waals surface area contributed by atoms with Crippen molar-refractivity contribution in [3.63, 3.8) is 0 Å². The number of thioether (sulfide) groups is 1. The van der Waals surface area contributed by atoms with Gasteiger partial charge in [0.1, 0.15) is 17.5 Å². The Kier molecular flexibility index (Phi) is 6.64. The zero-order chi connectivity index (χ0) is 25.1. The molecule has 9 heteroatoms. The molecule has 5 rings (SSSR count). The lowest BCUT2D eigenvalue weighted by Gasteiger charge is -2.28. The summed E-state index contributed by atoms with van der Waals surface area (Å²) in [5, 5.41) is 21.4. The van der Waals surface area contributed by atoms with E-state index in [1.54, 1.807) is 48.2 Å². The number of phenols is 1. The molecule has 1 aliphatic rings. The Morgan fingerprint density at radius 1 is 1.08 bits per heavy atom. The number of carbonyl (C=O) groups excluding carboxylic acids is 1. The number of benzene rings is 3. The molecule has 3 aromatic carbocycles. The van der Waals surface area contributed by atoms with E-state index in [0.29, 0.717) is 33.8 Å². The number of phenolic OH excluding ortho intramolecular Hbond substituents is 1. The van der Waals surface area contributed by atoms with Crippen molar-refractivity contribution in [2.45, 2.75) is 23.9 Å². The molecular formula is C27H25N5O3S. The molecule has 182 valence electrons. The van der Waals surface area contributed by atoms with E-state index < -0.39 is 6.04 Å². The molecule has 0 fully saturated rings. The summed E-state index contributed by atoms with van der Waals surface area (Å²) in [7, 11) is 1.56. The predicted molar refractivity (Wildman–Crippen MR) is 140 cm³/mol. The predicted octanol–water partition coefficient (Wildman–Crippen LogP) is 5.21. The number of fused-ring (bicyclic) bond motifs is 1. The van der Waals surface area contributed by atoms with Crippen LogP contribution in [0.1, 0.15) is 24.1 Å². The highest BCUT2D eigenvalue weighted by atomic mass is 32.2. The standard InChI is InChI=1S/C27H25N5O3S/c1-17-23(25(34)29-21-10-6-7-11-22(21)35-2)24(19-12-14-20(33)15-13-19)32-26(28-17)30-27(31-32)36-16-18-8-4-3-5-9-18/h3-15,24,33H,16H2,1-2H3,(H,29,34)(H,28,30,31). The molecule has 1 atom stereocenters. The summed E-state index contributed by atoms with van der Waals surface area (Å²) in [5.41, 5.74) is 3.69. The molecule has 3 N–H and O–H groups in total. The van der Waals surface area contributed by atoms with Crippen molar-refractivity contribution in [3.05, 3.63) is 101 Å². The van der Waals surface area contributed by atoms with Gasteiger partial charge in [-0.1, -0.05) is 66.4 Å². The molecule has 1 aromatic heterocycles. The number of nitrogens with one attached hydrogen (secondary N) is 2. The van der Waals surface area contributed by atoms with E-state index in [1.165, 1.54) is 17.3 Å².